The predicted molar refractivity (Wildman–Crippen MR) is 80.8 cm³/mol. The number of nitrogens with zero attached hydrogens (tertiary/aromatic N) is 1. The van der Waals surface area contributed by atoms with Crippen molar-refractivity contribution in [3.63, 3.8) is 0 Å². The summed E-state index contributed by atoms with van der Waals surface area (Å²) in [5.74, 6) is -0.752. The summed E-state index contributed by atoms with van der Waals surface area (Å²) < 4.78 is 10.9. The minimum Gasteiger partial charge on any atom is -0.494 e. The summed E-state index contributed by atoms with van der Waals surface area (Å²) in [5, 5.41) is 0. The van der Waals surface area contributed by atoms with E-state index in [9.17, 15) is 9.59 Å². The van der Waals surface area contributed by atoms with E-state index in [1.165, 1.54) is 24.5 Å². The fourth-order valence-corrected chi connectivity index (χ4v) is 2.63. The SMILES string of the molecule is COC(=O)[C@@H]1[C@@H](C)OC=CN1C(=O)c1ccccc1I. The minimum absolute atomic E-state index is 0.253. The second kappa shape index (κ2) is 6.25. The lowest BCUT2D eigenvalue weighted by Crippen LogP contribution is -2.51. The molecule has 0 saturated heterocycles. The zero-order valence-electron chi connectivity index (χ0n) is 11.1. The number of amides is 1. The van der Waals surface area contributed by atoms with Gasteiger partial charge >= 0.3 is 5.97 Å². The highest BCUT2D eigenvalue weighted by Gasteiger charge is 2.38. The molecule has 2 rings (SSSR count). The van der Waals surface area contributed by atoms with Crippen LogP contribution in [0.1, 0.15) is 17.3 Å². The number of ether oxygens (including phenoxy) is 2. The maximum Gasteiger partial charge on any atom is 0.332 e. The first-order valence-corrected chi connectivity index (χ1v) is 7.11. The first kappa shape index (κ1) is 14.8. The van der Waals surface area contributed by atoms with Gasteiger partial charge in [-0.2, -0.15) is 0 Å². The second-order valence-electron chi connectivity index (χ2n) is 4.29. The van der Waals surface area contributed by atoms with Crippen molar-refractivity contribution >= 4 is 34.5 Å². The van der Waals surface area contributed by atoms with Gasteiger partial charge in [-0.1, -0.05) is 12.1 Å². The second-order valence-corrected chi connectivity index (χ2v) is 5.45. The number of halogens is 1. The molecule has 0 fully saturated rings. The topological polar surface area (TPSA) is 55.8 Å². The van der Waals surface area contributed by atoms with Crippen LogP contribution < -0.4 is 0 Å². The Morgan fingerprint density at radius 1 is 1.35 bits per heavy atom. The Hall–Kier alpha value is -1.57. The number of methoxy groups -OCH3 is 1. The van der Waals surface area contributed by atoms with Gasteiger partial charge in [0.25, 0.3) is 5.91 Å². The Kier molecular flexibility index (Phi) is 4.64. The molecule has 0 saturated carbocycles. The van der Waals surface area contributed by atoms with Gasteiger partial charge in [-0.05, 0) is 41.6 Å². The molecule has 2 atom stereocenters. The lowest BCUT2D eigenvalue weighted by Gasteiger charge is -2.33. The number of carbonyl (C=O) groups excluding carboxylic acids is 2. The van der Waals surface area contributed by atoms with Gasteiger partial charge in [0.1, 0.15) is 6.10 Å². The highest BCUT2D eigenvalue weighted by atomic mass is 127. The minimum atomic E-state index is -0.784. The molecule has 1 aliphatic rings. The molecule has 0 radical (unpaired) electrons. The summed E-state index contributed by atoms with van der Waals surface area (Å²) in [6.45, 7) is 1.72. The van der Waals surface area contributed by atoms with Crippen molar-refractivity contribution in [3.05, 3.63) is 45.9 Å². The number of rotatable bonds is 2. The third kappa shape index (κ3) is 2.79. The van der Waals surface area contributed by atoms with Gasteiger partial charge in [0, 0.05) is 9.77 Å². The average molecular weight is 387 g/mol. The summed E-state index contributed by atoms with van der Waals surface area (Å²) in [5.41, 5.74) is 0.542. The molecule has 106 valence electrons. The zero-order valence-corrected chi connectivity index (χ0v) is 13.2. The third-order valence-corrected chi connectivity index (χ3v) is 3.98. The van der Waals surface area contributed by atoms with Crippen molar-refractivity contribution in [1.29, 1.82) is 0 Å². The van der Waals surface area contributed by atoms with Crippen LogP contribution in [0.2, 0.25) is 0 Å². The van der Waals surface area contributed by atoms with E-state index in [1.54, 1.807) is 19.1 Å². The van der Waals surface area contributed by atoms with Crippen LogP contribution in [-0.2, 0) is 14.3 Å². The first-order valence-electron chi connectivity index (χ1n) is 6.03. The van der Waals surface area contributed by atoms with Crippen LogP contribution in [0.5, 0.6) is 0 Å². The van der Waals surface area contributed by atoms with E-state index in [-0.39, 0.29) is 5.91 Å². The van der Waals surface area contributed by atoms with E-state index in [2.05, 4.69) is 22.6 Å². The fraction of sp³-hybridized carbons (Fsp3) is 0.286. The Bertz CT molecular complexity index is 558. The number of hydrogen-bond acceptors (Lipinski definition) is 4. The Labute approximate surface area is 130 Å². The number of hydrogen-bond donors (Lipinski definition) is 0. The lowest BCUT2D eigenvalue weighted by atomic mass is 10.1. The predicted octanol–water partition coefficient (Wildman–Crippen LogP) is 2.16. The van der Waals surface area contributed by atoms with Crippen molar-refractivity contribution in [1.82, 2.24) is 4.90 Å². The van der Waals surface area contributed by atoms with Gasteiger partial charge in [0.2, 0.25) is 0 Å². The van der Waals surface area contributed by atoms with Gasteiger partial charge in [-0.3, -0.25) is 9.69 Å². The van der Waals surface area contributed by atoms with Crippen LogP contribution in [-0.4, -0.2) is 36.0 Å². The number of esters is 1. The molecule has 1 aliphatic heterocycles. The third-order valence-electron chi connectivity index (χ3n) is 3.04. The smallest absolute Gasteiger partial charge is 0.332 e. The van der Waals surface area contributed by atoms with E-state index in [4.69, 9.17) is 9.47 Å². The van der Waals surface area contributed by atoms with Gasteiger partial charge in [0.15, 0.2) is 6.04 Å². The molecule has 1 aromatic carbocycles. The normalized spacial score (nSPS) is 21.2. The van der Waals surface area contributed by atoms with E-state index < -0.39 is 18.1 Å². The van der Waals surface area contributed by atoms with Crippen molar-refractivity contribution < 1.29 is 19.1 Å². The molecule has 1 heterocycles. The number of carbonyl (C=O) groups is 2. The van der Waals surface area contributed by atoms with Crippen LogP contribution in [0.4, 0.5) is 0 Å². The molecule has 0 N–H and O–H groups in total. The summed E-state index contributed by atoms with van der Waals surface area (Å²) >= 11 is 2.09. The summed E-state index contributed by atoms with van der Waals surface area (Å²) in [6.07, 6.45) is 2.42. The summed E-state index contributed by atoms with van der Waals surface area (Å²) in [6, 6.07) is 6.43. The van der Waals surface area contributed by atoms with Crippen molar-refractivity contribution in [2.75, 3.05) is 7.11 Å². The quantitative estimate of drug-likeness (QED) is 0.577. The molecule has 0 unspecified atom stereocenters. The lowest BCUT2D eigenvalue weighted by molar-refractivity contribution is -0.149. The molecular formula is C14H14INO4. The molecule has 0 spiro atoms. The fourth-order valence-electron chi connectivity index (χ4n) is 2.01. The van der Waals surface area contributed by atoms with Gasteiger partial charge in [-0.15, -0.1) is 0 Å². The van der Waals surface area contributed by atoms with Crippen LogP contribution in [0.15, 0.2) is 36.7 Å². The maximum absolute atomic E-state index is 12.6. The molecule has 20 heavy (non-hydrogen) atoms. The highest BCUT2D eigenvalue weighted by molar-refractivity contribution is 14.1. The maximum atomic E-state index is 12.6. The van der Waals surface area contributed by atoms with Crippen LogP contribution in [0, 0.1) is 3.57 Å². The monoisotopic (exact) mass is 387 g/mol. The van der Waals surface area contributed by atoms with Gasteiger partial charge in [-0.25, -0.2) is 4.79 Å². The summed E-state index contributed by atoms with van der Waals surface area (Å²) in [4.78, 5) is 25.8. The molecule has 1 amide bonds. The zero-order chi connectivity index (χ0) is 14.7. The van der Waals surface area contributed by atoms with Gasteiger partial charge in [0.05, 0.1) is 18.9 Å². The Morgan fingerprint density at radius 2 is 2.05 bits per heavy atom. The molecule has 6 heteroatoms. The van der Waals surface area contributed by atoms with E-state index in [0.29, 0.717) is 5.56 Å². The van der Waals surface area contributed by atoms with Crippen molar-refractivity contribution in [3.8, 4) is 0 Å². The molecule has 0 bridgehead atoms. The van der Waals surface area contributed by atoms with E-state index in [1.807, 2.05) is 12.1 Å². The van der Waals surface area contributed by atoms with E-state index >= 15 is 0 Å². The van der Waals surface area contributed by atoms with Gasteiger partial charge < -0.3 is 9.47 Å². The van der Waals surface area contributed by atoms with Crippen molar-refractivity contribution in [2.45, 2.75) is 19.1 Å². The van der Waals surface area contributed by atoms with Crippen molar-refractivity contribution in [2.24, 2.45) is 0 Å². The molecule has 0 aliphatic carbocycles. The number of benzene rings is 1. The first-order chi connectivity index (χ1) is 9.56. The standard InChI is InChI=1S/C14H14INO4/c1-9-12(14(18)19-2)16(7-8-20-9)13(17)10-5-3-4-6-11(10)15/h3-9,12H,1-2H3/t9-,12+/m1/s1. The van der Waals surface area contributed by atoms with Crippen LogP contribution in [0.25, 0.3) is 0 Å². The summed E-state index contributed by atoms with van der Waals surface area (Å²) in [7, 11) is 1.29. The van der Waals surface area contributed by atoms with Crippen LogP contribution >= 0.6 is 22.6 Å². The Morgan fingerprint density at radius 3 is 2.70 bits per heavy atom. The molecule has 0 aromatic heterocycles. The highest BCUT2D eigenvalue weighted by Crippen LogP contribution is 2.21. The molecule has 1 aromatic rings. The largest absolute Gasteiger partial charge is 0.494 e. The molecule has 5 nitrogen and oxygen atoms in total. The van der Waals surface area contributed by atoms with Crippen LogP contribution in [0.3, 0.4) is 0 Å². The van der Waals surface area contributed by atoms with E-state index in [0.717, 1.165) is 3.57 Å². The molecular weight excluding hydrogens is 373 g/mol. The average Bonchev–Trinajstić information content (AvgIpc) is 2.46. The Balaban J connectivity index is 2.36.